The number of aliphatic carboxylic acids is 1. The highest BCUT2D eigenvalue weighted by Gasteiger charge is 2.35. The third-order valence-corrected chi connectivity index (χ3v) is 3.48. The molecule has 0 fully saturated rings. The molecule has 24 heavy (non-hydrogen) atoms. The van der Waals surface area contributed by atoms with Crippen molar-refractivity contribution in [3.63, 3.8) is 0 Å². The fourth-order valence-corrected chi connectivity index (χ4v) is 2.24. The van der Waals surface area contributed by atoms with Crippen LogP contribution in [0.4, 0.5) is 0 Å². The van der Waals surface area contributed by atoms with Crippen LogP contribution in [-0.4, -0.2) is 50.5 Å². The quantitative estimate of drug-likeness (QED) is 0.666. The van der Waals surface area contributed by atoms with Gasteiger partial charge in [-0.25, -0.2) is 4.79 Å². The van der Waals surface area contributed by atoms with E-state index in [1.807, 2.05) is 0 Å². The van der Waals surface area contributed by atoms with Crippen molar-refractivity contribution < 1.29 is 28.9 Å². The highest BCUT2D eigenvalue weighted by molar-refractivity contribution is 5.98. The largest absolute Gasteiger partial charge is 0.493 e. The first-order valence-corrected chi connectivity index (χ1v) is 7.23. The molecule has 0 saturated carbocycles. The first kappa shape index (κ1) is 19.5. The molecular weight excluding hydrogens is 314 g/mol. The van der Waals surface area contributed by atoms with Crippen LogP contribution in [-0.2, 0) is 16.0 Å². The minimum absolute atomic E-state index is 0.166. The average Bonchev–Trinajstić information content (AvgIpc) is 2.54. The molecule has 7 heteroatoms. The number of carbonyl (C=O) groups is 2. The molecule has 1 unspecified atom stereocenters. The monoisotopic (exact) mass is 337 g/mol. The SMILES string of the molecule is C=CCc1cc(C(=O)NC(C)(COC)C(=O)O)cc(OC)c1OC. The van der Waals surface area contributed by atoms with Gasteiger partial charge in [-0.15, -0.1) is 6.58 Å². The second-order valence-electron chi connectivity index (χ2n) is 5.39. The molecule has 7 nitrogen and oxygen atoms in total. The lowest BCUT2D eigenvalue weighted by Gasteiger charge is -2.25. The number of carbonyl (C=O) groups excluding carboxylic acids is 1. The van der Waals surface area contributed by atoms with E-state index in [9.17, 15) is 14.7 Å². The standard InChI is InChI=1S/C17H23NO6/c1-6-7-11-8-12(9-13(23-4)14(11)24-5)15(19)18-17(2,10-22-3)16(20)21/h6,8-9H,1,7,10H2,2-5H3,(H,18,19)(H,20,21). The molecule has 0 radical (unpaired) electrons. The molecule has 0 aliphatic rings. The van der Waals surface area contributed by atoms with Crippen molar-refractivity contribution in [1.29, 1.82) is 0 Å². The van der Waals surface area contributed by atoms with E-state index in [0.29, 0.717) is 23.5 Å². The average molecular weight is 337 g/mol. The summed E-state index contributed by atoms with van der Waals surface area (Å²) in [6, 6.07) is 3.11. The second kappa shape index (κ2) is 8.35. The molecule has 132 valence electrons. The molecule has 1 rings (SSSR count). The van der Waals surface area contributed by atoms with E-state index >= 15 is 0 Å². The van der Waals surface area contributed by atoms with Crippen LogP contribution >= 0.6 is 0 Å². The maximum atomic E-state index is 12.5. The van der Waals surface area contributed by atoms with Gasteiger partial charge in [-0.05, 0) is 25.5 Å². The predicted octanol–water partition coefficient (Wildman–Crippen LogP) is 1.65. The van der Waals surface area contributed by atoms with Gasteiger partial charge in [0.1, 0.15) is 0 Å². The molecule has 1 amide bonds. The zero-order chi connectivity index (χ0) is 18.3. The number of rotatable bonds is 9. The Bertz CT molecular complexity index is 628. The van der Waals surface area contributed by atoms with Gasteiger partial charge in [0, 0.05) is 18.2 Å². The molecule has 0 aliphatic heterocycles. The molecule has 0 heterocycles. The van der Waals surface area contributed by atoms with E-state index in [1.54, 1.807) is 12.1 Å². The summed E-state index contributed by atoms with van der Waals surface area (Å²) < 4.78 is 15.5. The summed E-state index contributed by atoms with van der Waals surface area (Å²) in [6.07, 6.45) is 2.14. The zero-order valence-corrected chi connectivity index (χ0v) is 14.3. The zero-order valence-electron chi connectivity index (χ0n) is 14.3. The fraction of sp³-hybridized carbons (Fsp3) is 0.412. The molecule has 0 saturated heterocycles. The number of benzene rings is 1. The molecular formula is C17H23NO6. The topological polar surface area (TPSA) is 94.1 Å². The smallest absolute Gasteiger partial charge is 0.331 e. The molecule has 2 N–H and O–H groups in total. The first-order chi connectivity index (χ1) is 11.3. The lowest BCUT2D eigenvalue weighted by Crippen LogP contribution is -2.55. The van der Waals surface area contributed by atoms with Crippen LogP contribution in [0, 0.1) is 0 Å². The van der Waals surface area contributed by atoms with Crippen LogP contribution in [0.15, 0.2) is 24.8 Å². The summed E-state index contributed by atoms with van der Waals surface area (Å²) >= 11 is 0. The molecule has 1 atom stereocenters. The van der Waals surface area contributed by atoms with Crippen LogP contribution in [0.1, 0.15) is 22.8 Å². The minimum Gasteiger partial charge on any atom is -0.493 e. The number of ether oxygens (including phenoxy) is 3. The maximum absolute atomic E-state index is 12.5. The first-order valence-electron chi connectivity index (χ1n) is 7.23. The Morgan fingerprint density at radius 1 is 1.29 bits per heavy atom. The maximum Gasteiger partial charge on any atom is 0.331 e. The van der Waals surface area contributed by atoms with Crippen molar-refractivity contribution in [2.75, 3.05) is 27.9 Å². The fourth-order valence-electron chi connectivity index (χ4n) is 2.24. The Kier molecular flexibility index (Phi) is 6.79. The summed E-state index contributed by atoms with van der Waals surface area (Å²) in [5.74, 6) is -0.856. The molecule has 0 bridgehead atoms. The van der Waals surface area contributed by atoms with Gasteiger partial charge < -0.3 is 24.6 Å². The predicted molar refractivity (Wildman–Crippen MR) is 88.8 cm³/mol. The van der Waals surface area contributed by atoms with Crippen molar-refractivity contribution in [1.82, 2.24) is 5.32 Å². The van der Waals surface area contributed by atoms with Crippen molar-refractivity contribution in [3.05, 3.63) is 35.9 Å². The summed E-state index contributed by atoms with van der Waals surface area (Å²) in [6.45, 7) is 4.89. The summed E-state index contributed by atoms with van der Waals surface area (Å²) in [5, 5.41) is 11.8. The minimum atomic E-state index is -1.54. The number of methoxy groups -OCH3 is 3. The number of amides is 1. The van der Waals surface area contributed by atoms with E-state index in [2.05, 4.69) is 11.9 Å². The molecule has 0 spiro atoms. The normalized spacial score (nSPS) is 12.8. The summed E-state index contributed by atoms with van der Waals surface area (Å²) in [5.41, 5.74) is -0.578. The lowest BCUT2D eigenvalue weighted by atomic mass is 10.0. The number of hydrogen-bond donors (Lipinski definition) is 2. The third kappa shape index (κ3) is 4.26. The van der Waals surface area contributed by atoms with E-state index in [0.717, 1.165) is 0 Å². The van der Waals surface area contributed by atoms with Gasteiger partial charge in [0.25, 0.3) is 5.91 Å². The van der Waals surface area contributed by atoms with Gasteiger partial charge in [0.15, 0.2) is 17.0 Å². The molecule has 0 aromatic heterocycles. The van der Waals surface area contributed by atoms with Crippen LogP contribution in [0.5, 0.6) is 11.5 Å². The van der Waals surface area contributed by atoms with E-state index < -0.39 is 17.4 Å². The highest BCUT2D eigenvalue weighted by atomic mass is 16.5. The van der Waals surface area contributed by atoms with Gasteiger partial charge in [0.05, 0.1) is 20.8 Å². The number of hydrogen-bond acceptors (Lipinski definition) is 5. The van der Waals surface area contributed by atoms with Crippen molar-refractivity contribution in [2.24, 2.45) is 0 Å². The third-order valence-electron chi connectivity index (χ3n) is 3.48. The molecule has 1 aromatic rings. The van der Waals surface area contributed by atoms with E-state index in [4.69, 9.17) is 14.2 Å². The lowest BCUT2D eigenvalue weighted by molar-refractivity contribution is -0.145. The Hall–Kier alpha value is -2.54. The van der Waals surface area contributed by atoms with E-state index in [1.165, 1.54) is 34.3 Å². The van der Waals surface area contributed by atoms with Crippen LogP contribution in [0.25, 0.3) is 0 Å². The summed E-state index contributed by atoms with van der Waals surface area (Å²) in [7, 11) is 4.33. The van der Waals surface area contributed by atoms with Crippen molar-refractivity contribution in [2.45, 2.75) is 18.9 Å². The molecule has 1 aromatic carbocycles. The Morgan fingerprint density at radius 3 is 2.42 bits per heavy atom. The van der Waals surface area contributed by atoms with Gasteiger partial charge in [0.2, 0.25) is 0 Å². The number of carboxylic acid groups (broad SMARTS) is 1. The van der Waals surface area contributed by atoms with Crippen molar-refractivity contribution >= 4 is 11.9 Å². The summed E-state index contributed by atoms with van der Waals surface area (Å²) in [4.78, 5) is 23.9. The van der Waals surface area contributed by atoms with Gasteiger partial charge in [-0.3, -0.25) is 4.79 Å². The van der Waals surface area contributed by atoms with Crippen LogP contribution in [0.3, 0.4) is 0 Å². The Balaban J connectivity index is 3.25. The second-order valence-corrected chi connectivity index (χ2v) is 5.39. The Morgan fingerprint density at radius 2 is 1.96 bits per heavy atom. The van der Waals surface area contributed by atoms with Gasteiger partial charge in [-0.1, -0.05) is 6.08 Å². The van der Waals surface area contributed by atoms with Gasteiger partial charge >= 0.3 is 5.97 Å². The number of allylic oxidation sites excluding steroid dienone is 1. The number of carboxylic acids is 1. The van der Waals surface area contributed by atoms with Crippen LogP contribution < -0.4 is 14.8 Å². The van der Waals surface area contributed by atoms with Crippen molar-refractivity contribution in [3.8, 4) is 11.5 Å². The van der Waals surface area contributed by atoms with Crippen LogP contribution in [0.2, 0.25) is 0 Å². The molecule has 0 aliphatic carbocycles. The van der Waals surface area contributed by atoms with E-state index in [-0.39, 0.29) is 12.2 Å². The highest BCUT2D eigenvalue weighted by Crippen LogP contribution is 2.33. The Labute approximate surface area is 141 Å². The van der Waals surface area contributed by atoms with Gasteiger partial charge in [-0.2, -0.15) is 0 Å². The number of nitrogens with one attached hydrogen (secondary N) is 1.